The van der Waals surface area contributed by atoms with Crippen LogP contribution in [-0.4, -0.2) is 48.1 Å². The van der Waals surface area contributed by atoms with Crippen LogP contribution in [-0.2, 0) is 11.3 Å². The second-order valence-electron chi connectivity index (χ2n) is 8.39. The maximum atomic E-state index is 13.3. The second-order valence-corrected chi connectivity index (χ2v) is 8.39. The number of phenols is 1. The summed E-state index contributed by atoms with van der Waals surface area (Å²) in [4.78, 5) is 27.8. The number of hydrogen-bond acceptors (Lipinski definition) is 5. The predicted octanol–water partition coefficient (Wildman–Crippen LogP) is 4.26. The van der Waals surface area contributed by atoms with Gasteiger partial charge in [-0.1, -0.05) is 43.3 Å². The molecule has 0 spiro atoms. The van der Waals surface area contributed by atoms with Gasteiger partial charge in [-0.05, 0) is 48.4 Å². The van der Waals surface area contributed by atoms with Crippen molar-refractivity contribution in [2.75, 3.05) is 20.3 Å². The van der Waals surface area contributed by atoms with Crippen molar-refractivity contribution in [3.8, 4) is 17.2 Å². The SMILES string of the molecule is CCCOc1ccc(CNC(=O)C2CCCN2C(=O)c2ccc3ccccc3c2O)cc1OC. The topological polar surface area (TPSA) is 88.1 Å². The summed E-state index contributed by atoms with van der Waals surface area (Å²) >= 11 is 0. The minimum absolute atomic E-state index is 0.0494. The molecule has 2 amide bonds. The summed E-state index contributed by atoms with van der Waals surface area (Å²) in [5.41, 5.74) is 1.09. The Morgan fingerprint density at radius 3 is 2.74 bits per heavy atom. The number of carbonyl (C=O) groups excluding carboxylic acids is 2. The van der Waals surface area contributed by atoms with E-state index in [1.54, 1.807) is 24.1 Å². The highest BCUT2D eigenvalue weighted by Crippen LogP contribution is 2.32. The van der Waals surface area contributed by atoms with E-state index in [1.165, 1.54) is 0 Å². The number of benzene rings is 3. The van der Waals surface area contributed by atoms with Crippen LogP contribution in [0.3, 0.4) is 0 Å². The number of phenolic OH excluding ortho intramolecular Hbond substituents is 1. The first-order chi connectivity index (χ1) is 16.5. The number of amides is 2. The maximum Gasteiger partial charge on any atom is 0.258 e. The number of carbonyl (C=O) groups is 2. The number of methoxy groups -OCH3 is 1. The summed E-state index contributed by atoms with van der Waals surface area (Å²) in [7, 11) is 1.58. The van der Waals surface area contributed by atoms with E-state index in [9.17, 15) is 14.7 Å². The number of rotatable bonds is 8. The highest BCUT2D eigenvalue weighted by atomic mass is 16.5. The normalized spacial score (nSPS) is 15.4. The third-order valence-corrected chi connectivity index (χ3v) is 6.10. The zero-order valence-electron chi connectivity index (χ0n) is 19.5. The van der Waals surface area contributed by atoms with Crippen LogP contribution >= 0.6 is 0 Å². The molecule has 1 saturated heterocycles. The summed E-state index contributed by atoms with van der Waals surface area (Å²) in [5, 5.41) is 15.1. The molecule has 2 N–H and O–H groups in total. The van der Waals surface area contributed by atoms with Gasteiger partial charge in [-0.2, -0.15) is 0 Å². The fourth-order valence-corrected chi connectivity index (χ4v) is 4.33. The van der Waals surface area contributed by atoms with Crippen LogP contribution in [0.15, 0.2) is 54.6 Å². The molecule has 0 bridgehead atoms. The van der Waals surface area contributed by atoms with Crippen molar-refractivity contribution in [1.82, 2.24) is 10.2 Å². The van der Waals surface area contributed by atoms with E-state index in [4.69, 9.17) is 9.47 Å². The molecule has 7 nitrogen and oxygen atoms in total. The zero-order valence-corrected chi connectivity index (χ0v) is 19.5. The molecule has 3 aromatic rings. The van der Waals surface area contributed by atoms with E-state index < -0.39 is 6.04 Å². The van der Waals surface area contributed by atoms with Crippen molar-refractivity contribution in [1.29, 1.82) is 0 Å². The Morgan fingerprint density at radius 2 is 1.94 bits per heavy atom. The van der Waals surface area contributed by atoms with Crippen molar-refractivity contribution < 1.29 is 24.2 Å². The van der Waals surface area contributed by atoms with Gasteiger partial charge in [0.15, 0.2) is 11.5 Å². The fourth-order valence-electron chi connectivity index (χ4n) is 4.33. The van der Waals surface area contributed by atoms with Gasteiger partial charge in [0.2, 0.25) is 5.91 Å². The smallest absolute Gasteiger partial charge is 0.258 e. The van der Waals surface area contributed by atoms with Gasteiger partial charge in [-0.25, -0.2) is 0 Å². The molecular weight excluding hydrogens is 432 g/mol. The van der Waals surface area contributed by atoms with E-state index in [0.29, 0.717) is 43.0 Å². The molecule has 0 saturated carbocycles. The highest BCUT2D eigenvalue weighted by Gasteiger charge is 2.35. The minimum Gasteiger partial charge on any atom is -0.506 e. The van der Waals surface area contributed by atoms with E-state index in [-0.39, 0.29) is 23.1 Å². The van der Waals surface area contributed by atoms with Gasteiger partial charge in [-0.15, -0.1) is 0 Å². The average molecular weight is 463 g/mol. The maximum absolute atomic E-state index is 13.3. The molecule has 178 valence electrons. The quantitative estimate of drug-likeness (QED) is 0.522. The molecular formula is C27H30N2O5. The van der Waals surface area contributed by atoms with Crippen LogP contribution in [0.1, 0.15) is 42.1 Å². The Bertz CT molecular complexity index is 1190. The van der Waals surface area contributed by atoms with Gasteiger partial charge in [0, 0.05) is 18.5 Å². The lowest BCUT2D eigenvalue weighted by Crippen LogP contribution is -2.45. The first kappa shape index (κ1) is 23.4. The molecule has 3 aromatic carbocycles. The van der Waals surface area contributed by atoms with Crippen molar-refractivity contribution in [3.63, 3.8) is 0 Å². The first-order valence-corrected chi connectivity index (χ1v) is 11.6. The van der Waals surface area contributed by atoms with Crippen LogP contribution in [0.2, 0.25) is 0 Å². The third kappa shape index (κ3) is 4.78. The minimum atomic E-state index is -0.576. The lowest BCUT2D eigenvalue weighted by Gasteiger charge is -2.24. The number of nitrogens with zero attached hydrogens (tertiary/aromatic N) is 1. The Balaban J connectivity index is 1.45. The van der Waals surface area contributed by atoms with Crippen LogP contribution in [0.5, 0.6) is 17.2 Å². The van der Waals surface area contributed by atoms with Crippen molar-refractivity contribution in [2.24, 2.45) is 0 Å². The van der Waals surface area contributed by atoms with Crippen molar-refractivity contribution in [3.05, 3.63) is 65.7 Å². The molecule has 1 fully saturated rings. The van der Waals surface area contributed by atoms with E-state index in [0.717, 1.165) is 23.8 Å². The molecule has 34 heavy (non-hydrogen) atoms. The first-order valence-electron chi connectivity index (χ1n) is 11.6. The largest absolute Gasteiger partial charge is 0.506 e. The predicted molar refractivity (Wildman–Crippen MR) is 130 cm³/mol. The lowest BCUT2D eigenvalue weighted by atomic mass is 10.0. The number of hydrogen-bond donors (Lipinski definition) is 2. The zero-order chi connectivity index (χ0) is 24.1. The van der Waals surface area contributed by atoms with Gasteiger partial charge in [0.1, 0.15) is 11.8 Å². The second kappa shape index (κ2) is 10.5. The summed E-state index contributed by atoms with van der Waals surface area (Å²) in [6.07, 6.45) is 2.21. The number of nitrogens with one attached hydrogen (secondary N) is 1. The van der Waals surface area contributed by atoms with Crippen molar-refractivity contribution in [2.45, 2.75) is 38.8 Å². The molecule has 0 aliphatic carbocycles. The van der Waals surface area contributed by atoms with Crippen LogP contribution in [0, 0.1) is 0 Å². The number of aromatic hydroxyl groups is 1. The highest BCUT2D eigenvalue weighted by molar-refractivity contribution is 6.05. The van der Waals surface area contributed by atoms with Gasteiger partial charge in [0.25, 0.3) is 5.91 Å². The van der Waals surface area contributed by atoms with Crippen LogP contribution < -0.4 is 14.8 Å². The number of ether oxygens (including phenoxy) is 2. The summed E-state index contributed by atoms with van der Waals surface area (Å²) in [6.45, 7) is 3.42. The fraction of sp³-hybridized carbons (Fsp3) is 0.333. The van der Waals surface area contributed by atoms with Gasteiger partial charge in [0.05, 0.1) is 19.3 Å². The van der Waals surface area contributed by atoms with Gasteiger partial charge < -0.3 is 24.8 Å². The van der Waals surface area contributed by atoms with Crippen molar-refractivity contribution >= 4 is 22.6 Å². The number of likely N-dealkylation sites (tertiary alicyclic amines) is 1. The lowest BCUT2D eigenvalue weighted by molar-refractivity contribution is -0.125. The molecule has 1 aliphatic heterocycles. The molecule has 7 heteroatoms. The summed E-state index contributed by atoms with van der Waals surface area (Å²) in [5.74, 6) is 0.690. The molecule has 1 atom stereocenters. The summed E-state index contributed by atoms with van der Waals surface area (Å²) in [6, 6.07) is 15.8. The van der Waals surface area contributed by atoms with Gasteiger partial charge >= 0.3 is 0 Å². The Hall–Kier alpha value is -3.74. The average Bonchev–Trinajstić information content (AvgIpc) is 3.36. The van der Waals surface area contributed by atoms with Gasteiger partial charge in [-0.3, -0.25) is 9.59 Å². The third-order valence-electron chi connectivity index (χ3n) is 6.10. The molecule has 1 aliphatic rings. The summed E-state index contributed by atoms with van der Waals surface area (Å²) < 4.78 is 11.1. The van der Waals surface area contributed by atoms with Crippen LogP contribution in [0.4, 0.5) is 0 Å². The standard InChI is InChI=1S/C27H30N2O5/c1-3-15-34-23-13-10-18(16-24(23)33-2)17-28-26(31)22-9-6-14-29(22)27(32)21-12-11-19-7-4-5-8-20(19)25(21)30/h4-5,7-8,10-13,16,22,30H,3,6,9,14-15,17H2,1-2H3,(H,28,31). The monoisotopic (exact) mass is 462 g/mol. The van der Waals surface area contributed by atoms with Crippen LogP contribution in [0.25, 0.3) is 10.8 Å². The molecule has 1 unspecified atom stereocenters. The van der Waals surface area contributed by atoms with E-state index in [2.05, 4.69) is 5.32 Å². The van der Waals surface area contributed by atoms with E-state index >= 15 is 0 Å². The van der Waals surface area contributed by atoms with E-state index in [1.807, 2.05) is 49.4 Å². The molecule has 1 heterocycles. The Labute approximate surface area is 199 Å². The molecule has 0 radical (unpaired) electrons. The Morgan fingerprint density at radius 1 is 1.12 bits per heavy atom. The number of fused-ring (bicyclic) bond motifs is 1. The molecule has 0 aromatic heterocycles. The molecule has 4 rings (SSSR count). The Kier molecular flexibility index (Phi) is 7.21.